The molecule has 1 fully saturated rings. The van der Waals surface area contributed by atoms with Crippen molar-refractivity contribution in [1.29, 1.82) is 0 Å². The molecule has 0 aliphatic carbocycles. The second-order valence-corrected chi connectivity index (χ2v) is 9.36. The number of carbonyl (C=O) groups is 2. The van der Waals surface area contributed by atoms with Gasteiger partial charge in [0.1, 0.15) is 0 Å². The lowest BCUT2D eigenvalue weighted by Gasteiger charge is -2.24. The molecule has 1 aliphatic rings. The Morgan fingerprint density at radius 1 is 1.03 bits per heavy atom. The van der Waals surface area contributed by atoms with Crippen LogP contribution in [-0.4, -0.2) is 40.1 Å². The lowest BCUT2D eigenvalue weighted by molar-refractivity contribution is 0.0931. The Morgan fingerprint density at radius 3 is 2.54 bits per heavy atom. The molecule has 1 unspecified atom stereocenters. The van der Waals surface area contributed by atoms with E-state index in [4.69, 9.17) is 5.73 Å². The van der Waals surface area contributed by atoms with Crippen LogP contribution in [0.3, 0.4) is 0 Å². The maximum absolute atomic E-state index is 13.2. The molecule has 5 rings (SSSR count). The van der Waals surface area contributed by atoms with E-state index in [-0.39, 0.29) is 30.1 Å². The number of carbonyl (C=O) groups excluding carboxylic acids is 2. The fourth-order valence-electron chi connectivity index (χ4n) is 4.78. The van der Waals surface area contributed by atoms with Crippen LogP contribution in [0.5, 0.6) is 0 Å². The Balaban J connectivity index is 1.40. The van der Waals surface area contributed by atoms with E-state index in [1.54, 1.807) is 64.7 Å². The lowest BCUT2D eigenvalue weighted by Crippen LogP contribution is -2.45. The molecule has 37 heavy (non-hydrogen) atoms. The minimum absolute atomic E-state index is 0.0605. The van der Waals surface area contributed by atoms with Gasteiger partial charge in [0.2, 0.25) is 0 Å². The van der Waals surface area contributed by atoms with Crippen LogP contribution in [0.2, 0.25) is 0 Å². The number of piperidine rings is 1. The summed E-state index contributed by atoms with van der Waals surface area (Å²) >= 11 is 0. The molecule has 2 heterocycles. The molecule has 9 nitrogen and oxygen atoms in total. The van der Waals surface area contributed by atoms with Gasteiger partial charge in [-0.25, -0.2) is 4.79 Å². The highest BCUT2D eigenvalue weighted by atomic mass is 16.2. The van der Waals surface area contributed by atoms with Crippen molar-refractivity contribution >= 4 is 34.2 Å². The first-order chi connectivity index (χ1) is 17.9. The molecule has 4 aromatic rings. The highest BCUT2D eigenvalue weighted by Crippen LogP contribution is 2.21. The molecule has 1 aliphatic heterocycles. The number of para-hydroxylation sites is 3. The molecule has 2 amide bonds. The number of hydrogen-bond acceptors (Lipinski definition) is 5. The molecular formula is C28H30N6O3. The minimum atomic E-state index is -0.275. The number of fused-ring (bicyclic) bond motifs is 1. The van der Waals surface area contributed by atoms with Crippen LogP contribution in [0.1, 0.15) is 39.1 Å². The fourth-order valence-corrected chi connectivity index (χ4v) is 4.78. The number of anilines is 2. The molecular weight excluding hydrogens is 468 g/mol. The number of nitrogens with one attached hydrogen (secondary N) is 3. The quantitative estimate of drug-likeness (QED) is 0.305. The molecule has 5 N–H and O–H groups in total. The molecule has 0 saturated carbocycles. The average molecular weight is 499 g/mol. The standard InChI is InChI=1S/C28H30N6O3/c1-33-24-10-4-7-21(27(36)31-20-6-5-15-30-16-20)25(24)34(28(33)37)17-18-11-13-19(14-12-18)26(35)32-23-9-3-2-8-22(23)29/h2-4,7-14,20,30H,5-6,15-17,29H2,1H3,(H,31,36)(H,32,35). The van der Waals surface area contributed by atoms with Crippen molar-refractivity contribution in [2.75, 3.05) is 24.1 Å². The zero-order valence-electron chi connectivity index (χ0n) is 20.7. The molecule has 1 saturated heterocycles. The van der Waals surface area contributed by atoms with Crippen molar-refractivity contribution in [2.24, 2.45) is 7.05 Å². The Morgan fingerprint density at radius 2 is 1.81 bits per heavy atom. The number of benzene rings is 3. The number of nitrogens with zero attached hydrogens (tertiary/aromatic N) is 2. The number of rotatable bonds is 6. The summed E-state index contributed by atoms with van der Waals surface area (Å²) in [6.07, 6.45) is 1.94. The molecule has 0 radical (unpaired) electrons. The van der Waals surface area contributed by atoms with Crippen LogP contribution >= 0.6 is 0 Å². The monoisotopic (exact) mass is 498 g/mol. The van der Waals surface area contributed by atoms with Gasteiger partial charge in [-0.3, -0.25) is 18.7 Å². The Bertz CT molecular complexity index is 1510. The van der Waals surface area contributed by atoms with E-state index in [1.807, 2.05) is 18.2 Å². The third-order valence-corrected chi connectivity index (χ3v) is 6.81. The molecule has 1 atom stereocenters. The normalized spacial score (nSPS) is 15.4. The van der Waals surface area contributed by atoms with Gasteiger partial charge < -0.3 is 21.7 Å². The van der Waals surface area contributed by atoms with Gasteiger partial charge in [0.15, 0.2) is 0 Å². The summed E-state index contributed by atoms with van der Waals surface area (Å²) in [4.78, 5) is 39.1. The molecule has 190 valence electrons. The van der Waals surface area contributed by atoms with Gasteiger partial charge in [-0.1, -0.05) is 30.3 Å². The topological polar surface area (TPSA) is 123 Å². The van der Waals surface area contributed by atoms with Gasteiger partial charge in [-0.2, -0.15) is 0 Å². The van der Waals surface area contributed by atoms with E-state index in [0.717, 1.165) is 31.5 Å². The van der Waals surface area contributed by atoms with Crippen molar-refractivity contribution in [1.82, 2.24) is 19.8 Å². The first-order valence-electron chi connectivity index (χ1n) is 12.4. The number of aromatic nitrogens is 2. The van der Waals surface area contributed by atoms with Crippen LogP contribution in [0.15, 0.2) is 71.5 Å². The second-order valence-electron chi connectivity index (χ2n) is 9.36. The number of amides is 2. The Kier molecular flexibility index (Phi) is 6.78. The molecule has 0 bridgehead atoms. The summed E-state index contributed by atoms with van der Waals surface area (Å²) in [5.74, 6) is -0.464. The molecule has 0 spiro atoms. The number of hydrogen-bond donors (Lipinski definition) is 4. The van der Waals surface area contributed by atoms with E-state index < -0.39 is 0 Å². The predicted octanol–water partition coefficient (Wildman–Crippen LogP) is 2.70. The summed E-state index contributed by atoms with van der Waals surface area (Å²) in [5, 5.41) is 9.23. The lowest BCUT2D eigenvalue weighted by atomic mass is 10.1. The van der Waals surface area contributed by atoms with Crippen LogP contribution in [-0.2, 0) is 13.6 Å². The van der Waals surface area contributed by atoms with Gasteiger partial charge in [-0.05, 0) is 61.3 Å². The maximum Gasteiger partial charge on any atom is 0.329 e. The van der Waals surface area contributed by atoms with Gasteiger partial charge in [-0.15, -0.1) is 0 Å². The predicted molar refractivity (Wildman–Crippen MR) is 145 cm³/mol. The van der Waals surface area contributed by atoms with Gasteiger partial charge in [0.05, 0.1) is 34.5 Å². The van der Waals surface area contributed by atoms with Crippen molar-refractivity contribution in [3.63, 3.8) is 0 Å². The van der Waals surface area contributed by atoms with Crippen LogP contribution in [0.25, 0.3) is 11.0 Å². The summed E-state index contributed by atoms with van der Waals surface area (Å²) in [6, 6.07) is 19.6. The van der Waals surface area contributed by atoms with E-state index >= 15 is 0 Å². The zero-order valence-corrected chi connectivity index (χ0v) is 20.7. The van der Waals surface area contributed by atoms with E-state index in [1.165, 1.54) is 0 Å². The number of aryl methyl sites for hydroxylation is 1. The molecule has 1 aromatic heterocycles. The van der Waals surface area contributed by atoms with Gasteiger partial charge in [0.25, 0.3) is 11.8 Å². The number of imidazole rings is 1. The van der Waals surface area contributed by atoms with E-state index in [0.29, 0.717) is 33.5 Å². The molecule has 3 aromatic carbocycles. The van der Waals surface area contributed by atoms with E-state index in [9.17, 15) is 14.4 Å². The minimum Gasteiger partial charge on any atom is -0.397 e. The summed E-state index contributed by atoms with van der Waals surface area (Å²) in [6.45, 7) is 1.96. The third-order valence-electron chi connectivity index (χ3n) is 6.81. The Hall–Kier alpha value is -4.37. The maximum atomic E-state index is 13.2. The third kappa shape index (κ3) is 4.99. The second kappa shape index (κ2) is 10.3. The SMILES string of the molecule is Cn1c(=O)n(Cc2ccc(C(=O)Nc3ccccc3N)cc2)c2c(C(=O)NC3CCCNC3)cccc21. The van der Waals surface area contributed by atoms with Crippen LogP contribution in [0.4, 0.5) is 11.4 Å². The summed E-state index contributed by atoms with van der Waals surface area (Å²) in [5.41, 5.74) is 9.81. The van der Waals surface area contributed by atoms with Gasteiger partial charge >= 0.3 is 5.69 Å². The van der Waals surface area contributed by atoms with Gasteiger partial charge in [0, 0.05) is 25.2 Å². The average Bonchev–Trinajstić information content (AvgIpc) is 3.16. The van der Waals surface area contributed by atoms with Crippen LogP contribution < -0.4 is 27.4 Å². The Labute approximate surface area is 214 Å². The number of nitrogens with two attached hydrogens (primary N) is 1. The summed E-state index contributed by atoms with van der Waals surface area (Å²) in [7, 11) is 1.70. The van der Waals surface area contributed by atoms with Crippen molar-refractivity contribution in [3.05, 3.63) is 93.9 Å². The number of nitrogen functional groups attached to an aromatic ring is 1. The summed E-state index contributed by atoms with van der Waals surface area (Å²) < 4.78 is 3.17. The highest BCUT2D eigenvalue weighted by Gasteiger charge is 2.22. The first-order valence-corrected chi connectivity index (χ1v) is 12.4. The van der Waals surface area contributed by atoms with E-state index in [2.05, 4.69) is 16.0 Å². The first kappa shape index (κ1) is 24.3. The van der Waals surface area contributed by atoms with Crippen molar-refractivity contribution < 1.29 is 9.59 Å². The zero-order chi connectivity index (χ0) is 25.9. The fraction of sp³-hybridized carbons (Fsp3) is 0.250. The van der Waals surface area contributed by atoms with Crippen molar-refractivity contribution in [2.45, 2.75) is 25.4 Å². The van der Waals surface area contributed by atoms with Crippen molar-refractivity contribution in [3.8, 4) is 0 Å². The highest BCUT2D eigenvalue weighted by molar-refractivity contribution is 6.06. The van der Waals surface area contributed by atoms with Crippen LogP contribution in [0, 0.1) is 0 Å². The smallest absolute Gasteiger partial charge is 0.329 e. The molecule has 9 heteroatoms. The largest absolute Gasteiger partial charge is 0.397 e.